The summed E-state index contributed by atoms with van der Waals surface area (Å²) in [5.41, 5.74) is 2.91. The number of nitrogens with zero attached hydrogens (tertiary/aromatic N) is 2. The van der Waals surface area contributed by atoms with Crippen LogP contribution in [-0.4, -0.2) is 24.3 Å². The van der Waals surface area contributed by atoms with Crippen molar-refractivity contribution < 1.29 is 19.0 Å². The predicted octanol–water partition coefficient (Wildman–Crippen LogP) is 5.64. The number of esters is 1. The summed E-state index contributed by atoms with van der Waals surface area (Å²) in [6, 6.07) is 20.1. The smallest absolute Gasteiger partial charge is 0.338 e. The first-order valence-electron chi connectivity index (χ1n) is 12.8. The van der Waals surface area contributed by atoms with Crippen LogP contribution in [0.25, 0.3) is 6.08 Å². The van der Waals surface area contributed by atoms with E-state index in [0.717, 1.165) is 14.7 Å². The number of hydrogen-bond donors (Lipinski definition) is 0. The van der Waals surface area contributed by atoms with Crippen molar-refractivity contribution in [1.29, 1.82) is 0 Å². The Morgan fingerprint density at radius 1 is 1.15 bits per heavy atom. The first kappa shape index (κ1) is 29.1. The normalized spacial score (nSPS) is 14.9. The van der Waals surface area contributed by atoms with Gasteiger partial charge in [0.2, 0.25) is 0 Å². The van der Waals surface area contributed by atoms with Crippen LogP contribution in [0.2, 0.25) is 5.02 Å². The molecular weight excluding hydrogens is 675 g/mol. The molecule has 10 heteroatoms. The number of thiazole rings is 1. The SMILES string of the molecule is CCOC(=O)C1=C(C)N=c2s/c(=C\c3cc(I)c(OCc4ccccc4)c(OC)c3)c(=O)n2[C@H]1c1ccccc1Cl. The van der Waals surface area contributed by atoms with Gasteiger partial charge in [0.05, 0.1) is 33.1 Å². The summed E-state index contributed by atoms with van der Waals surface area (Å²) in [4.78, 5) is 32.1. The van der Waals surface area contributed by atoms with Crippen molar-refractivity contribution in [2.24, 2.45) is 4.99 Å². The number of fused-ring (bicyclic) bond motifs is 1. The van der Waals surface area contributed by atoms with Crippen molar-refractivity contribution in [2.75, 3.05) is 13.7 Å². The molecule has 0 bridgehead atoms. The molecule has 5 rings (SSSR count). The monoisotopic (exact) mass is 700 g/mol. The highest BCUT2D eigenvalue weighted by atomic mass is 127. The van der Waals surface area contributed by atoms with Crippen LogP contribution in [-0.2, 0) is 16.1 Å². The minimum atomic E-state index is -0.774. The lowest BCUT2D eigenvalue weighted by molar-refractivity contribution is -0.139. The van der Waals surface area contributed by atoms with Gasteiger partial charge in [0, 0.05) is 5.02 Å². The Balaban J connectivity index is 1.60. The Kier molecular flexibility index (Phi) is 8.96. The van der Waals surface area contributed by atoms with E-state index < -0.39 is 12.0 Å². The molecule has 0 aliphatic carbocycles. The van der Waals surface area contributed by atoms with E-state index in [1.165, 1.54) is 15.9 Å². The molecule has 0 amide bonds. The van der Waals surface area contributed by atoms with Crippen LogP contribution < -0.4 is 24.4 Å². The van der Waals surface area contributed by atoms with Gasteiger partial charge in [-0.2, -0.15) is 0 Å². The third kappa shape index (κ3) is 5.98. The molecule has 0 saturated carbocycles. The van der Waals surface area contributed by atoms with Crippen molar-refractivity contribution in [3.05, 3.63) is 123 Å². The molecule has 4 aromatic rings. The van der Waals surface area contributed by atoms with Crippen LogP contribution in [0.3, 0.4) is 0 Å². The fourth-order valence-corrected chi connectivity index (χ4v) is 6.69. The van der Waals surface area contributed by atoms with E-state index in [1.807, 2.05) is 54.6 Å². The van der Waals surface area contributed by atoms with Crippen molar-refractivity contribution in [1.82, 2.24) is 4.57 Å². The molecule has 1 aliphatic heterocycles. The summed E-state index contributed by atoms with van der Waals surface area (Å²) in [7, 11) is 1.59. The lowest BCUT2D eigenvalue weighted by atomic mass is 9.96. The Morgan fingerprint density at radius 3 is 2.59 bits per heavy atom. The summed E-state index contributed by atoms with van der Waals surface area (Å²) in [6.07, 6.45) is 1.79. The molecule has 1 aliphatic rings. The molecule has 0 spiro atoms. The summed E-state index contributed by atoms with van der Waals surface area (Å²) < 4.78 is 19.9. The maximum atomic E-state index is 13.9. The van der Waals surface area contributed by atoms with Gasteiger partial charge < -0.3 is 14.2 Å². The Bertz CT molecular complexity index is 1830. The van der Waals surface area contributed by atoms with Crippen LogP contribution in [0.4, 0.5) is 0 Å². The molecule has 0 N–H and O–H groups in total. The molecule has 1 aromatic heterocycles. The fourth-order valence-electron chi connectivity index (χ4n) is 4.63. The zero-order valence-electron chi connectivity index (χ0n) is 22.5. The summed E-state index contributed by atoms with van der Waals surface area (Å²) in [5, 5.41) is 0.439. The molecule has 3 aromatic carbocycles. The largest absolute Gasteiger partial charge is 0.493 e. The third-order valence-corrected chi connectivity index (χ3v) is 8.62. The maximum Gasteiger partial charge on any atom is 0.338 e. The van der Waals surface area contributed by atoms with Crippen LogP contribution >= 0.6 is 45.5 Å². The van der Waals surface area contributed by atoms with Gasteiger partial charge in [-0.15, -0.1) is 0 Å². The molecule has 0 saturated heterocycles. The standard InChI is InChI=1S/C31H26ClIN2O5S/c1-4-39-30(37)26-18(2)34-31-35(27(26)21-12-8-9-13-22(21)32)29(36)25(41-31)16-20-14-23(33)28(24(15-20)38-3)40-17-19-10-6-5-7-11-19/h5-16,27H,4,17H2,1-3H3/b25-16-/t27-/m0/s1. The molecule has 0 fully saturated rings. The van der Waals surface area contributed by atoms with Gasteiger partial charge >= 0.3 is 5.97 Å². The molecule has 7 nitrogen and oxygen atoms in total. The maximum absolute atomic E-state index is 13.9. The van der Waals surface area contributed by atoms with E-state index in [-0.39, 0.29) is 17.7 Å². The third-order valence-electron chi connectivity index (χ3n) is 6.49. The van der Waals surface area contributed by atoms with Crippen LogP contribution in [0, 0.1) is 3.57 Å². The second-order valence-corrected chi connectivity index (χ2v) is 11.7. The number of benzene rings is 3. The van der Waals surface area contributed by atoms with E-state index >= 15 is 0 Å². The highest BCUT2D eigenvalue weighted by Gasteiger charge is 2.34. The number of carbonyl (C=O) groups excluding carboxylic acids is 1. The number of rotatable bonds is 8. The number of halogens is 2. The zero-order chi connectivity index (χ0) is 29.1. The van der Waals surface area contributed by atoms with E-state index in [4.69, 9.17) is 25.8 Å². The quantitative estimate of drug-likeness (QED) is 0.176. The Hall–Kier alpha value is -3.41. The summed E-state index contributed by atoms with van der Waals surface area (Å²) in [5.74, 6) is 0.656. The van der Waals surface area contributed by atoms with Crippen LogP contribution in [0.5, 0.6) is 11.5 Å². The minimum absolute atomic E-state index is 0.195. The number of methoxy groups -OCH3 is 1. The molecule has 1 atom stereocenters. The number of hydrogen-bond acceptors (Lipinski definition) is 7. The van der Waals surface area contributed by atoms with Gasteiger partial charge in [0.15, 0.2) is 16.3 Å². The topological polar surface area (TPSA) is 79.1 Å². The number of carbonyl (C=O) groups is 1. The lowest BCUT2D eigenvalue weighted by Gasteiger charge is -2.25. The number of ether oxygens (including phenoxy) is 3. The van der Waals surface area contributed by atoms with Gasteiger partial charge in [-0.3, -0.25) is 9.36 Å². The average Bonchev–Trinajstić information content (AvgIpc) is 3.26. The Morgan fingerprint density at radius 2 is 1.88 bits per heavy atom. The fraction of sp³-hybridized carbons (Fsp3) is 0.194. The van der Waals surface area contributed by atoms with Crippen LogP contribution in [0.15, 0.2) is 87.8 Å². The van der Waals surface area contributed by atoms with E-state index in [9.17, 15) is 9.59 Å². The van der Waals surface area contributed by atoms with E-state index in [2.05, 4.69) is 27.6 Å². The van der Waals surface area contributed by atoms with Crippen molar-refractivity contribution >= 4 is 57.6 Å². The van der Waals surface area contributed by atoms with Gasteiger partial charge in [0.25, 0.3) is 5.56 Å². The van der Waals surface area contributed by atoms with Gasteiger partial charge in [-0.25, -0.2) is 9.79 Å². The average molecular weight is 701 g/mol. The lowest BCUT2D eigenvalue weighted by Crippen LogP contribution is -2.40. The van der Waals surface area contributed by atoms with Gasteiger partial charge in [0.1, 0.15) is 12.6 Å². The van der Waals surface area contributed by atoms with Crippen molar-refractivity contribution in [3.63, 3.8) is 0 Å². The zero-order valence-corrected chi connectivity index (χ0v) is 26.2. The highest BCUT2D eigenvalue weighted by Crippen LogP contribution is 2.36. The van der Waals surface area contributed by atoms with Gasteiger partial charge in [-0.05, 0) is 77.4 Å². The number of allylic oxidation sites excluding steroid dienone is 1. The van der Waals surface area contributed by atoms with Gasteiger partial charge in [-0.1, -0.05) is 71.5 Å². The molecule has 41 heavy (non-hydrogen) atoms. The summed E-state index contributed by atoms with van der Waals surface area (Å²) in [6.45, 7) is 4.08. The first-order chi connectivity index (χ1) is 19.8. The summed E-state index contributed by atoms with van der Waals surface area (Å²) >= 11 is 10.0. The predicted molar refractivity (Wildman–Crippen MR) is 168 cm³/mol. The minimum Gasteiger partial charge on any atom is -0.493 e. The van der Waals surface area contributed by atoms with E-state index in [0.29, 0.717) is 43.7 Å². The molecule has 210 valence electrons. The molecule has 2 heterocycles. The molecular formula is C31H26ClIN2O5S. The second-order valence-electron chi connectivity index (χ2n) is 9.13. The second kappa shape index (κ2) is 12.6. The van der Waals surface area contributed by atoms with Crippen molar-refractivity contribution in [3.8, 4) is 11.5 Å². The molecule has 0 radical (unpaired) electrons. The number of aromatic nitrogens is 1. The molecule has 0 unspecified atom stereocenters. The van der Waals surface area contributed by atoms with Crippen molar-refractivity contribution in [2.45, 2.75) is 26.5 Å². The van der Waals surface area contributed by atoms with Crippen LogP contribution in [0.1, 0.15) is 36.6 Å². The first-order valence-corrected chi connectivity index (χ1v) is 15.1. The van der Waals surface area contributed by atoms with E-state index in [1.54, 1.807) is 39.2 Å². The Labute approximate surface area is 259 Å². The highest BCUT2D eigenvalue weighted by molar-refractivity contribution is 14.1.